The number of fused-ring (bicyclic) bond motifs is 1. The molecule has 5 heteroatoms. The third-order valence-electron chi connectivity index (χ3n) is 11.0. The van der Waals surface area contributed by atoms with Crippen LogP contribution in [0.15, 0.2) is 23.3 Å². The smallest absolute Gasteiger partial charge is 0.227 e. The Kier molecular flexibility index (Phi) is 9.13. The molecular weight excluding hydrogens is 494 g/mol. The van der Waals surface area contributed by atoms with Crippen LogP contribution < -0.4 is 0 Å². The second-order valence-corrected chi connectivity index (χ2v) is 15.2. The van der Waals surface area contributed by atoms with Gasteiger partial charge in [-0.15, -0.1) is 0 Å². The SMILES string of the molecule is CCC(C)(C)CC[C@@](C)(CCC(C)(C)[C@]1(C)CC[C@H]2C(C)(C)C(=O)C(C#N)=C[C@]2(C)/C1=C/C(C)=O)C(=O)Cl. The van der Waals surface area contributed by atoms with Crippen LogP contribution in [0.5, 0.6) is 0 Å². The van der Waals surface area contributed by atoms with Gasteiger partial charge in [0.15, 0.2) is 11.6 Å². The largest absolute Gasteiger partial charge is 0.295 e. The Morgan fingerprint density at radius 2 is 1.63 bits per heavy atom. The van der Waals surface area contributed by atoms with Gasteiger partial charge in [-0.05, 0) is 85.3 Å². The van der Waals surface area contributed by atoms with Crippen molar-refractivity contribution >= 4 is 28.4 Å². The number of rotatable bonds is 10. The van der Waals surface area contributed by atoms with Crippen molar-refractivity contribution in [2.75, 3.05) is 0 Å². The quantitative estimate of drug-likeness (QED) is 0.204. The standard InChI is InChI=1S/C33H50ClNO3/c1-12-28(3,4)15-17-31(9,27(34)38)18-16-29(5,6)33(11)14-13-24-30(7,8)26(37)23(21-35)20-32(24,10)25(33)19-22(2)36/h19-20,24H,12-18H2,1-11H3/b25-19-/t24-,31-,32-,33+/m0/s1. The number of ketones is 2. The second-order valence-electron chi connectivity index (χ2n) is 14.8. The monoisotopic (exact) mass is 543 g/mol. The van der Waals surface area contributed by atoms with Crippen LogP contribution in [-0.4, -0.2) is 16.8 Å². The molecule has 4 nitrogen and oxygen atoms in total. The van der Waals surface area contributed by atoms with Crippen molar-refractivity contribution in [1.29, 1.82) is 5.26 Å². The molecule has 0 unspecified atom stereocenters. The second kappa shape index (κ2) is 10.7. The molecule has 0 heterocycles. The first-order chi connectivity index (χ1) is 17.1. The number of nitriles is 1. The lowest BCUT2D eigenvalue weighted by atomic mass is 9.42. The topological polar surface area (TPSA) is 75.0 Å². The molecule has 0 aromatic rings. The summed E-state index contributed by atoms with van der Waals surface area (Å²) in [6.07, 6.45) is 9.37. The summed E-state index contributed by atoms with van der Waals surface area (Å²) >= 11 is 6.23. The van der Waals surface area contributed by atoms with Gasteiger partial charge >= 0.3 is 0 Å². The van der Waals surface area contributed by atoms with Crippen LogP contribution >= 0.6 is 11.6 Å². The first-order valence-corrected chi connectivity index (χ1v) is 14.6. The highest BCUT2D eigenvalue weighted by Gasteiger charge is 2.61. The molecule has 0 N–H and O–H groups in total. The molecular formula is C33H50ClNO3. The van der Waals surface area contributed by atoms with Gasteiger partial charge in [-0.1, -0.05) is 87.3 Å². The first kappa shape index (κ1) is 32.5. The van der Waals surface area contributed by atoms with Crippen LogP contribution in [0.4, 0.5) is 0 Å². The molecule has 4 atom stereocenters. The molecule has 0 radical (unpaired) electrons. The summed E-state index contributed by atoms with van der Waals surface area (Å²) in [5.41, 5.74) is -1.25. The van der Waals surface area contributed by atoms with E-state index in [2.05, 4.69) is 54.5 Å². The highest BCUT2D eigenvalue weighted by molar-refractivity contribution is 6.64. The number of hydrogen-bond acceptors (Lipinski definition) is 4. The number of allylic oxidation sites excluding steroid dienone is 4. The predicted octanol–water partition coefficient (Wildman–Crippen LogP) is 8.78. The van der Waals surface area contributed by atoms with Gasteiger partial charge in [-0.3, -0.25) is 14.4 Å². The summed E-state index contributed by atoms with van der Waals surface area (Å²) in [5.74, 6) is -0.160. The van der Waals surface area contributed by atoms with E-state index in [1.807, 2.05) is 26.8 Å². The number of halogens is 1. The maximum absolute atomic E-state index is 13.2. The van der Waals surface area contributed by atoms with Crippen molar-refractivity contribution in [3.63, 3.8) is 0 Å². The third kappa shape index (κ3) is 5.74. The number of hydrogen-bond donors (Lipinski definition) is 0. The highest BCUT2D eigenvalue weighted by Crippen LogP contribution is 2.67. The van der Waals surface area contributed by atoms with E-state index in [1.54, 1.807) is 13.0 Å². The van der Waals surface area contributed by atoms with Gasteiger partial charge in [0.2, 0.25) is 5.24 Å². The minimum Gasteiger partial charge on any atom is -0.295 e. The van der Waals surface area contributed by atoms with Crippen LogP contribution in [0, 0.1) is 49.7 Å². The Bertz CT molecular complexity index is 1090. The fourth-order valence-electron chi connectivity index (χ4n) is 7.09. The molecule has 0 aliphatic heterocycles. The Labute approximate surface area is 236 Å². The Balaban J connectivity index is 2.56. The van der Waals surface area contributed by atoms with Gasteiger partial charge in [0.05, 0.1) is 5.57 Å². The van der Waals surface area contributed by atoms with Crippen molar-refractivity contribution < 1.29 is 14.4 Å². The number of Topliss-reactive ketones (excluding diaryl/α,β-unsaturated/α-hetero) is 1. The Morgan fingerprint density at radius 1 is 1.08 bits per heavy atom. The van der Waals surface area contributed by atoms with E-state index in [4.69, 9.17) is 11.6 Å². The van der Waals surface area contributed by atoms with Crippen molar-refractivity contribution in [2.45, 2.75) is 121 Å². The summed E-state index contributed by atoms with van der Waals surface area (Å²) in [6, 6.07) is 2.14. The molecule has 2 rings (SSSR count). The van der Waals surface area contributed by atoms with Gasteiger partial charge in [-0.2, -0.15) is 5.26 Å². The van der Waals surface area contributed by atoms with Gasteiger partial charge in [0.1, 0.15) is 6.07 Å². The summed E-state index contributed by atoms with van der Waals surface area (Å²) in [7, 11) is 0. The van der Waals surface area contributed by atoms with E-state index in [0.717, 1.165) is 44.1 Å². The molecule has 0 spiro atoms. The molecule has 1 fully saturated rings. The minimum absolute atomic E-state index is 0.0139. The van der Waals surface area contributed by atoms with E-state index < -0.39 is 16.2 Å². The number of carbonyl (C=O) groups is 3. The van der Waals surface area contributed by atoms with Crippen molar-refractivity contribution in [1.82, 2.24) is 0 Å². The maximum atomic E-state index is 13.2. The molecule has 0 bridgehead atoms. The highest BCUT2D eigenvalue weighted by atomic mass is 35.5. The summed E-state index contributed by atoms with van der Waals surface area (Å²) in [4.78, 5) is 38.5. The number of carbonyl (C=O) groups excluding carboxylic acids is 3. The van der Waals surface area contributed by atoms with Crippen molar-refractivity contribution in [3.8, 4) is 6.07 Å². The van der Waals surface area contributed by atoms with Gasteiger partial charge < -0.3 is 0 Å². The average Bonchev–Trinajstić information content (AvgIpc) is 2.81. The lowest BCUT2D eigenvalue weighted by Crippen LogP contribution is -2.55. The summed E-state index contributed by atoms with van der Waals surface area (Å²) in [6.45, 7) is 22.9. The van der Waals surface area contributed by atoms with E-state index in [1.165, 1.54) is 0 Å². The molecule has 0 aromatic carbocycles. The maximum Gasteiger partial charge on any atom is 0.227 e. The predicted molar refractivity (Wildman–Crippen MR) is 155 cm³/mol. The minimum atomic E-state index is -0.703. The molecule has 2 aliphatic rings. The van der Waals surface area contributed by atoms with Gasteiger partial charge in [-0.25, -0.2) is 0 Å². The zero-order valence-corrected chi connectivity index (χ0v) is 26.5. The van der Waals surface area contributed by atoms with Crippen molar-refractivity contribution in [2.24, 2.45) is 38.4 Å². The van der Waals surface area contributed by atoms with Crippen LogP contribution in [0.25, 0.3) is 0 Å². The van der Waals surface area contributed by atoms with E-state index >= 15 is 0 Å². The molecule has 2 aliphatic carbocycles. The normalized spacial score (nSPS) is 30.2. The zero-order chi connectivity index (χ0) is 29.5. The molecule has 0 amide bonds. The molecule has 212 valence electrons. The average molecular weight is 544 g/mol. The van der Waals surface area contributed by atoms with Crippen LogP contribution in [0.1, 0.15) is 121 Å². The summed E-state index contributed by atoms with van der Waals surface area (Å²) < 4.78 is 0. The fourth-order valence-corrected chi connectivity index (χ4v) is 7.28. The third-order valence-corrected chi connectivity index (χ3v) is 11.5. The van der Waals surface area contributed by atoms with Gasteiger partial charge in [0.25, 0.3) is 0 Å². The van der Waals surface area contributed by atoms with Crippen LogP contribution in [-0.2, 0) is 14.4 Å². The molecule has 1 saturated carbocycles. The molecule has 38 heavy (non-hydrogen) atoms. The van der Waals surface area contributed by atoms with Gasteiger partial charge in [0, 0.05) is 16.2 Å². The first-order valence-electron chi connectivity index (χ1n) is 14.2. The van der Waals surface area contributed by atoms with E-state index in [0.29, 0.717) is 6.42 Å². The lowest BCUT2D eigenvalue weighted by molar-refractivity contribution is -0.131. The zero-order valence-electron chi connectivity index (χ0n) is 25.7. The van der Waals surface area contributed by atoms with Crippen LogP contribution in [0.3, 0.4) is 0 Å². The Morgan fingerprint density at radius 3 is 2.11 bits per heavy atom. The molecule has 0 aromatic heterocycles. The lowest BCUT2D eigenvalue weighted by Gasteiger charge is -2.61. The molecule has 0 saturated heterocycles. The van der Waals surface area contributed by atoms with Crippen molar-refractivity contribution in [3.05, 3.63) is 23.3 Å². The Hall–Kier alpha value is -1.73. The van der Waals surface area contributed by atoms with Crippen LogP contribution in [0.2, 0.25) is 0 Å². The number of nitrogens with zero attached hydrogens (tertiary/aromatic N) is 1. The van der Waals surface area contributed by atoms with E-state index in [9.17, 15) is 19.6 Å². The summed E-state index contributed by atoms with van der Waals surface area (Å²) in [5, 5.41) is 9.56. The van der Waals surface area contributed by atoms with E-state index in [-0.39, 0.29) is 44.5 Å². The fraction of sp³-hybridized carbons (Fsp3) is 0.758.